The third-order valence-electron chi connectivity index (χ3n) is 3.31. The van der Waals surface area contributed by atoms with Gasteiger partial charge >= 0.3 is 0 Å². The number of benzene rings is 1. The number of ether oxygens (including phenoxy) is 1. The molecule has 1 aromatic carbocycles. The second kappa shape index (κ2) is 5.00. The van der Waals surface area contributed by atoms with Gasteiger partial charge in [-0.05, 0) is 37.5 Å². The maximum Gasteiger partial charge on any atom is 0.278 e. The molecule has 0 atom stereocenters. The number of aromatic nitrogens is 2. The number of rotatable bonds is 2. The molecule has 5 heteroatoms. The summed E-state index contributed by atoms with van der Waals surface area (Å²) in [6, 6.07) is 3.96. The number of methoxy groups -OCH3 is 1. The van der Waals surface area contributed by atoms with E-state index in [0.29, 0.717) is 0 Å². The molecule has 0 unspecified atom stereocenters. The van der Waals surface area contributed by atoms with Crippen LogP contribution in [-0.2, 0) is 7.05 Å². The van der Waals surface area contributed by atoms with E-state index in [4.69, 9.17) is 4.74 Å². The normalized spacial score (nSPS) is 10.7. The average Bonchev–Trinajstić information content (AvgIpc) is 2.36. The molecule has 0 bridgehead atoms. The Bertz CT molecular complexity index is 710. The molecule has 20 heavy (non-hydrogen) atoms. The van der Waals surface area contributed by atoms with Gasteiger partial charge in [0.25, 0.3) is 11.4 Å². The lowest BCUT2D eigenvalue weighted by molar-refractivity contribution is 0.345. The van der Waals surface area contributed by atoms with Crippen LogP contribution in [0.15, 0.2) is 16.9 Å². The first-order valence-corrected chi connectivity index (χ1v) is 6.29. The van der Waals surface area contributed by atoms with Crippen molar-refractivity contribution in [2.24, 2.45) is 7.05 Å². The molecule has 0 aliphatic carbocycles. The Morgan fingerprint density at radius 2 is 1.70 bits per heavy atom. The van der Waals surface area contributed by atoms with Crippen molar-refractivity contribution in [1.29, 1.82) is 0 Å². The maximum atomic E-state index is 12.3. The van der Waals surface area contributed by atoms with Gasteiger partial charge in [-0.25, -0.2) is 4.68 Å². The summed E-state index contributed by atoms with van der Waals surface area (Å²) in [6.07, 6.45) is 0. The molecule has 2 rings (SSSR count). The zero-order valence-corrected chi connectivity index (χ0v) is 12.3. The van der Waals surface area contributed by atoms with Gasteiger partial charge in [0.15, 0.2) is 5.75 Å². The topological polar surface area (TPSA) is 64.4 Å². The lowest BCUT2D eigenvalue weighted by Gasteiger charge is -2.14. The number of aromatic hydroxyl groups is 1. The fraction of sp³-hybridized carbons (Fsp3) is 0.333. The highest BCUT2D eigenvalue weighted by Crippen LogP contribution is 2.36. The zero-order valence-electron chi connectivity index (χ0n) is 12.3. The van der Waals surface area contributed by atoms with Crippen molar-refractivity contribution in [3.63, 3.8) is 0 Å². The second-order valence-electron chi connectivity index (χ2n) is 4.94. The van der Waals surface area contributed by atoms with Gasteiger partial charge in [-0.2, -0.15) is 0 Å². The standard InChI is InChI=1S/C15H18N2O3/c1-8-6-9(2)11(10(3)7-8)12-13(18)14(20-5)16-17(4)15(12)19/h6-7,18H,1-5H3. The lowest BCUT2D eigenvalue weighted by atomic mass is 9.94. The predicted molar refractivity (Wildman–Crippen MR) is 77.3 cm³/mol. The number of aryl methyl sites for hydroxylation is 4. The predicted octanol–water partition coefficient (Wildman–Crippen LogP) is 2.09. The van der Waals surface area contributed by atoms with Crippen LogP contribution in [0.2, 0.25) is 0 Å². The molecule has 106 valence electrons. The highest BCUT2D eigenvalue weighted by molar-refractivity contribution is 5.76. The van der Waals surface area contributed by atoms with Crippen LogP contribution in [-0.4, -0.2) is 22.0 Å². The lowest BCUT2D eigenvalue weighted by Crippen LogP contribution is -2.22. The minimum atomic E-state index is -0.349. The number of hydrogen-bond donors (Lipinski definition) is 1. The minimum Gasteiger partial charge on any atom is -0.502 e. The Morgan fingerprint density at radius 3 is 2.20 bits per heavy atom. The first-order valence-electron chi connectivity index (χ1n) is 6.29. The Labute approximate surface area is 117 Å². The minimum absolute atomic E-state index is 0.0430. The molecular formula is C15H18N2O3. The van der Waals surface area contributed by atoms with Crippen molar-refractivity contribution in [2.75, 3.05) is 7.11 Å². The van der Waals surface area contributed by atoms with Gasteiger partial charge in [0.1, 0.15) is 0 Å². The maximum absolute atomic E-state index is 12.3. The Balaban J connectivity index is 2.90. The van der Waals surface area contributed by atoms with Crippen LogP contribution < -0.4 is 10.3 Å². The van der Waals surface area contributed by atoms with Crippen LogP contribution in [0.4, 0.5) is 0 Å². The fourth-order valence-corrected chi connectivity index (χ4v) is 2.54. The van der Waals surface area contributed by atoms with E-state index in [1.165, 1.54) is 18.8 Å². The highest BCUT2D eigenvalue weighted by atomic mass is 16.5. The molecule has 0 aliphatic rings. The van der Waals surface area contributed by atoms with Crippen molar-refractivity contribution in [2.45, 2.75) is 20.8 Å². The van der Waals surface area contributed by atoms with Gasteiger partial charge in [-0.3, -0.25) is 4.79 Å². The van der Waals surface area contributed by atoms with Crippen LogP contribution in [0, 0.1) is 20.8 Å². The van der Waals surface area contributed by atoms with Crippen LogP contribution in [0.1, 0.15) is 16.7 Å². The Hall–Kier alpha value is -2.30. The van der Waals surface area contributed by atoms with Gasteiger partial charge in [0, 0.05) is 7.05 Å². The Morgan fingerprint density at radius 1 is 1.15 bits per heavy atom. The van der Waals surface area contributed by atoms with Crippen LogP contribution in [0.5, 0.6) is 11.6 Å². The van der Waals surface area contributed by atoms with E-state index in [0.717, 1.165) is 22.3 Å². The molecule has 0 saturated carbocycles. The fourth-order valence-electron chi connectivity index (χ4n) is 2.54. The summed E-state index contributed by atoms with van der Waals surface area (Å²) in [4.78, 5) is 12.3. The summed E-state index contributed by atoms with van der Waals surface area (Å²) in [5.74, 6) is -0.174. The average molecular weight is 274 g/mol. The molecule has 1 aromatic heterocycles. The van der Waals surface area contributed by atoms with Gasteiger partial charge in [-0.15, -0.1) is 5.10 Å². The molecule has 0 amide bonds. The van der Waals surface area contributed by atoms with E-state index in [1.54, 1.807) is 0 Å². The summed E-state index contributed by atoms with van der Waals surface area (Å²) >= 11 is 0. The zero-order chi connectivity index (χ0) is 15.0. The van der Waals surface area contributed by atoms with E-state index in [1.807, 2.05) is 32.9 Å². The first-order chi connectivity index (χ1) is 9.36. The molecule has 0 aliphatic heterocycles. The highest BCUT2D eigenvalue weighted by Gasteiger charge is 2.20. The SMILES string of the molecule is COc1nn(C)c(=O)c(-c2c(C)cc(C)cc2C)c1O. The van der Waals surface area contributed by atoms with E-state index in [-0.39, 0.29) is 22.8 Å². The summed E-state index contributed by atoms with van der Waals surface area (Å²) < 4.78 is 6.20. The molecule has 1 heterocycles. The van der Waals surface area contributed by atoms with Gasteiger partial charge in [0.05, 0.1) is 12.7 Å². The van der Waals surface area contributed by atoms with Crippen molar-refractivity contribution in [3.05, 3.63) is 39.2 Å². The van der Waals surface area contributed by atoms with Crippen molar-refractivity contribution < 1.29 is 9.84 Å². The van der Waals surface area contributed by atoms with E-state index in [2.05, 4.69) is 5.10 Å². The van der Waals surface area contributed by atoms with E-state index < -0.39 is 0 Å². The second-order valence-corrected chi connectivity index (χ2v) is 4.94. The summed E-state index contributed by atoms with van der Waals surface area (Å²) in [5, 5.41) is 14.2. The van der Waals surface area contributed by atoms with E-state index in [9.17, 15) is 9.90 Å². The molecule has 1 N–H and O–H groups in total. The third kappa shape index (κ3) is 2.15. The molecule has 5 nitrogen and oxygen atoms in total. The summed E-state index contributed by atoms with van der Waals surface area (Å²) in [5.41, 5.74) is 3.59. The largest absolute Gasteiger partial charge is 0.502 e. The van der Waals surface area contributed by atoms with Crippen molar-refractivity contribution in [1.82, 2.24) is 9.78 Å². The van der Waals surface area contributed by atoms with Crippen molar-refractivity contribution >= 4 is 0 Å². The van der Waals surface area contributed by atoms with Crippen molar-refractivity contribution in [3.8, 4) is 22.8 Å². The van der Waals surface area contributed by atoms with Gasteiger partial charge < -0.3 is 9.84 Å². The first kappa shape index (κ1) is 14.1. The molecule has 0 saturated heterocycles. The quantitative estimate of drug-likeness (QED) is 0.910. The number of nitrogens with zero attached hydrogens (tertiary/aromatic N) is 2. The monoisotopic (exact) mass is 274 g/mol. The molecule has 0 fully saturated rings. The smallest absolute Gasteiger partial charge is 0.278 e. The summed E-state index contributed by atoms with van der Waals surface area (Å²) in [6.45, 7) is 5.83. The summed E-state index contributed by atoms with van der Waals surface area (Å²) in [7, 11) is 2.94. The Kier molecular flexibility index (Phi) is 3.53. The number of hydrogen-bond acceptors (Lipinski definition) is 4. The molecule has 2 aromatic rings. The van der Waals surface area contributed by atoms with Crippen LogP contribution in [0.3, 0.4) is 0 Å². The van der Waals surface area contributed by atoms with Gasteiger partial charge in [0.2, 0.25) is 0 Å². The molecule has 0 spiro atoms. The van der Waals surface area contributed by atoms with Crippen LogP contribution in [0.25, 0.3) is 11.1 Å². The van der Waals surface area contributed by atoms with E-state index >= 15 is 0 Å². The molecule has 0 radical (unpaired) electrons. The molecular weight excluding hydrogens is 256 g/mol. The van der Waals surface area contributed by atoms with Crippen LogP contribution >= 0.6 is 0 Å². The third-order valence-corrected chi connectivity index (χ3v) is 3.31. The van der Waals surface area contributed by atoms with Gasteiger partial charge in [-0.1, -0.05) is 17.7 Å².